The molecule has 0 bridgehead atoms. The number of likely N-dealkylation sites (N-methyl/N-ethyl adjacent to an activating group) is 1. The fourth-order valence-electron chi connectivity index (χ4n) is 2.74. The highest BCUT2D eigenvalue weighted by Gasteiger charge is 2.21. The fraction of sp³-hybridized carbons (Fsp3) is 0.625. The first-order valence-electron chi connectivity index (χ1n) is 7.47. The van der Waals surface area contributed by atoms with Crippen molar-refractivity contribution in [2.75, 3.05) is 24.6 Å². The predicted molar refractivity (Wildman–Crippen MR) is 80.5 cm³/mol. The highest BCUT2D eigenvalue weighted by atomic mass is 16.5. The number of anilines is 1. The van der Waals surface area contributed by atoms with Crippen molar-refractivity contribution in [2.24, 2.45) is 5.73 Å². The largest absolute Gasteiger partial charge is 0.376 e. The Kier molecular flexibility index (Phi) is 5.23. The van der Waals surface area contributed by atoms with Gasteiger partial charge in [0.25, 0.3) is 0 Å². The van der Waals surface area contributed by atoms with E-state index in [9.17, 15) is 0 Å². The maximum absolute atomic E-state index is 6.24. The third-order valence-corrected chi connectivity index (χ3v) is 3.95. The molecule has 2 unspecified atom stereocenters. The number of nitrogens with two attached hydrogens (primary N) is 1. The molecule has 1 aliphatic rings. The van der Waals surface area contributed by atoms with Crippen LogP contribution in [0.15, 0.2) is 24.3 Å². The van der Waals surface area contributed by atoms with Crippen LogP contribution in [-0.2, 0) is 4.74 Å². The van der Waals surface area contributed by atoms with Crippen molar-refractivity contribution < 1.29 is 4.74 Å². The van der Waals surface area contributed by atoms with Crippen molar-refractivity contribution in [1.82, 2.24) is 0 Å². The first-order valence-corrected chi connectivity index (χ1v) is 7.47. The second-order valence-electron chi connectivity index (χ2n) is 5.25. The highest BCUT2D eigenvalue weighted by molar-refractivity contribution is 5.55. The minimum atomic E-state index is 0.120. The Hall–Kier alpha value is -1.06. The molecular formula is C16H26N2O. The predicted octanol–water partition coefficient (Wildman–Crippen LogP) is 3.10. The molecule has 0 spiro atoms. The summed E-state index contributed by atoms with van der Waals surface area (Å²) in [6.07, 6.45) is 3.72. The Labute approximate surface area is 116 Å². The Morgan fingerprint density at radius 2 is 2.16 bits per heavy atom. The van der Waals surface area contributed by atoms with Crippen LogP contribution in [0.3, 0.4) is 0 Å². The standard InChI is InChI=1S/C16H26N2O/c1-3-15(17)14-9-5-6-10-16(14)18(4-2)12-13-8-7-11-19-13/h5-6,9-10,13,15H,3-4,7-8,11-12,17H2,1-2H3. The van der Waals surface area contributed by atoms with Crippen LogP contribution in [0, 0.1) is 0 Å². The molecule has 0 amide bonds. The molecular weight excluding hydrogens is 236 g/mol. The van der Waals surface area contributed by atoms with Gasteiger partial charge in [0.2, 0.25) is 0 Å². The number of benzene rings is 1. The van der Waals surface area contributed by atoms with E-state index in [1.807, 2.05) is 0 Å². The van der Waals surface area contributed by atoms with E-state index < -0.39 is 0 Å². The summed E-state index contributed by atoms with van der Waals surface area (Å²) in [5, 5.41) is 0. The summed E-state index contributed by atoms with van der Waals surface area (Å²) in [6, 6.07) is 8.63. The zero-order valence-corrected chi connectivity index (χ0v) is 12.1. The number of nitrogens with zero attached hydrogens (tertiary/aromatic N) is 1. The lowest BCUT2D eigenvalue weighted by atomic mass is 10.0. The maximum Gasteiger partial charge on any atom is 0.0750 e. The zero-order valence-electron chi connectivity index (χ0n) is 12.1. The zero-order chi connectivity index (χ0) is 13.7. The summed E-state index contributed by atoms with van der Waals surface area (Å²) in [7, 11) is 0. The summed E-state index contributed by atoms with van der Waals surface area (Å²) in [5.41, 5.74) is 8.77. The van der Waals surface area contributed by atoms with E-state index >= 15 is 0 Å². The number of hydrogen-bond acceptors (Lipinski definition) is 3. The van der Waals surface area contributed by atoms with Crippen LogP contribution in [0.1, 0.15) is 44.7 Å². The van der Waals surface area contributed by atoms with Crippen LogP contribution < -0.4 is 10.6 Å². The molecule has 106 valence electrons. The molecule has 1 fully saturated rings. The van der Waals surface area contributed by atoms with Gasteiger partial charge in [-0.05, 0) is 37.8 Å². The van der Waals surface area contributed by atoms with Gasteiger partial charge < -0.3 is 15.4 Å². The normalized spacial score (nSPS) is 20.5. The lowest BCUT2D eigenvalue weighted by molar-refractivity contribution is 0.115. The average molecular weight is 262 g/mol. The van der Waals surface area contributed by atoms with Crippen LogP contribution in [0.25, 0.3) is 0 Å². The van der Waals surface area contributed by atoms with E-state index in [-0.39, 0.29) is 6.04 Å². The molecule has 3 nitrogen and oxygen atoms in total. The van der Waals surface area contributed by atoms with Gasteiger partial charge in [-0.25, -0.2) is 0 Å². The van der Waals surface area contributed by atoms with E-state index in [4.69, 9.17) is 10.5 Å². The van der Waals surface area contributed by atoms with Gasteiger partial charge in [-0.1, -0.05) is 25.1 Å². The van der Waals surface area contributed by atoms with E-state index in [2.05, 4.69) is 43.0 Å². The quantitative estimate of drug-likeness (QED) is 0.856. The van der Waals surface area contributed by atoms with Gasteiger partial charge in [-0.2, -0.15) is 0 Å². The van der Waals surface area contributed by atoms with Gasteiger partial charge in [0.05, 0.1) is 6.10 Å². The molecule has 3 heteroatoms. The van der Waals surface area contributed by atoms with Gasteiger partial charge in [-0.3, -0.25) is 0 Å². The van der Waals surface area contributed by atoms with Crippen LogP contribution >= 0.6 is 0 Å². The monoisotopic (exact) mass is 262 g/mol. The number of hydrogen-bond donors (Lipinski definition) is 1. The van der Waals surface area contributed by atoms with Crippen LogP contribution in [0.2, 0.25) is 0 Å². The molecule has 0 aliphatic carbocycles. The molecule has 2 rings (SSSR count). The number of rotatable bonds is 6. The Morgan fingerprint density at radius 3 is 2.79 bits per heavy atom. The SMILES string of the molecule is CCC(N)c1ccccc1N(CC)CC1CCCO1. The highest BCUT2D eigenvalue weighted by Crippen LogP contribution is 2.28. The molecule has 1 aromatic rings. The van der Waals surface area contributed by atoms with Gasteiger partial charge >= 0.3 is 0 Å². The molecule has 2 atom stereocenters. The molecule has 0 radical (unpaired) electrons. The van der Waals surface area contributed by atoms with Crippen molar-refractivity contribution >= 4 is 5.69 Å². The summed E-state index contributed by atoms with van der Waals surface area (Å²) in [4.78, 5) is 2.40. The number of ether oxygens (including phenoxy) is 1. The fourth-order valence-corrected chi connectivity index (χ4v) is 2.74. The first-order chi connectivity index (χ1) is 9.26. The summed E-state index contributed by atoms with van der Waals surface area (Å²) < 4.78 is 5.76. The smallest absolute Gasteiger partial charge is 0.0750 e. The van der Waals surface area contributed by atoms with Crippen molar-refractivity contribution in [3.8, 4) is 0 Å². The molecule has 0 aromatic heterocycles. The van der Waals surface area contributed by atoms with E-state index in [1.165, 1.54) is 24.1 Å². The van der Waals surface area contributed by atoms with Crippen molar-refractivity contribution in [1.29, 1.82) is 0 Å². The Morgan fingerprint density at radius 1 is 1.37 bits per heavy atom. The third-order valence-electron chi connectivity index (χ3n) is 3.95. The Balaban J connectivity index is 2.16. The van der Waals surface area contributed by atoms with Gasteiger partial charge in [0.1, 0.15) is 0 Å². The second-order valence-corrected chi connectivity index (χ2v) is 5.25. The van der Waals surface area contributed by atoms with E-state index in [0.717, 1.165) is 26.1 Å². The van der Waals surface area contributed by atoms with E-state index in [0.29, 0.717) is 6.10 Å². The first kappa shape index (κ1) is 14.4. The summed E-state index contributed by atoms with van der Waals surface area (Å²) >= 11 is 0. The summed E-state index contributed by atoms with van der Waals surface area (Å²) in [5.74, 6) is 0. The van der Waals surface area contributed by atoms with Crippen molar-refractivity contribution in [3.63, 3.8) is 0 Å². The van der Waals surface area contributed by atoms with Gasteiger partial charge in [0, 0.05) is 31.4 Å². The minimum absolute atomic E-state index is 0.120. The van der Waals surface area contributed by atoms with Gasteiger partial charge in [-0.15, -0.1) is 0 Å². The number of para-hydroxylation sites is 1. The molecule has 1 saturated heterocycles. The van der Waals surface area contributed by atoms with Gasteiger partial charge in [0.15, 0.2) is 0 Å². The molecule has 19 heavy (non-hydrogen) atoms. The Bertz CT molecular complexity index is 388. The molecule has 0 saturated carbocycles. The average Bonchev–Trinajstić information content (AvgIpc) is 2.97. The van der Waals surface area contributed by atoms with Crippen LogP contribution in [0.5, 0.6) is 0 Å². The minimum Gasteiger partial charge on any atom is -0.376 e. The maximum atomic E-state index is 6.24. The van der Waals surface area contributed by atoms with Crippen molar-refractivity contribution in [2.45, 2.75) is 45.3 Å². The lowest BCUT2D eigenvalue weighted by Gasteiger charge is -2.29. The molecule has 2 N–H and O–H groups in total. The lowest BCUT2D eigenvalue weighted by Crippen LogP contribution is -2.33. The summed E-state index contributed by atoms with van der Waals surface area (Å²) in [6.45, 7) is 7.22. The molecule has 1 aromatic carbocycles. The third kappa shape index (κ3) is 3.48. The topological polar surface area (TPSA) is 38.5 Å². The van der Waals surface area contributed by atoms with E-state index in [1.54, 1.807) is 0 Å². The molecule has 1 heterocycles. The van der Waals surface area contributed by atoms with Crippen LogP contribution in [0.4, 0.5) is 5.69 Å². The molecule has 1 aliphatic heterocycles. The van der Waals surface area contributed by atoms with Crippen molar-refractivity contribution in [3.05, 3.63) is 29.8 Å². The van der Waals surface area contributed by atoms with Crippen LogP contribution in [-0.4, -0.2) is 25.8 Å². The second kappa shape index (κ2) is 6.92.